The summed E-state index contributed by atoms with van der Waals surface area (Å²) in [6.07, 6.45) is 3.10. The van der Waals surface area contributed by atoms with Gasteiger partial charge in [-0.2, -0.15) is 8.42 Å². The predicted molar refractivity (Wildman–Crippen MR) is 167 cm³/mol. The number of rotatable bonds is 2. The van der Waals surface area contributed by atoms with Gasteiger partial charge in [-0.25, -0.2) is 17.7 Å². The summed E-state index contributed by atoms with van der Waals surface area (Å²) >= 11 is 0. The smallest absolute Gasteiger partial charge is 0.298 e. The van der Waals surface area contributed by atoms with Crippen LogP contribution in [0.1, 0.15) is 49.9 Å². The van der Waals surface area contributed by atoms with E-state index in [0.717, 1.165) is 11.1 Å². The van der Waals surface area contributed by atoms with Gasteiger partial charge in [-0.15, -0.1) is 0 Å². The summed E-state index contributed by atoms with van der Waals surface area (Å²) in [6.45, 7) is 8.09. The molecule has 8 rings (SSSR count). The van der Waals surface area contributed by atoms with E-state index in [2.05, 4.69) is 0 Å². The average Bonchev–Trinajstić information content (AvgIpc) is 3.70. The Morgan fingerprint density at radius 1 is 0.830 bits per heavy atom. The topological polar surface area (TPSA) is 96.1 Å². The molecule has 0 amide bonds. The third-order valence-electron chi connectivity index (χ3n) is 10.1. The second kappa shape index (κ2) is 9.17. The molecule has 3 aliphatic heterocycles. The van der Waals surface area contributed by atoms with Gasteiger partial charge in [0.2, 0.25) is 5.36 Å². The Morgan fingerprint density at radius 2 is 1.49 bits per heavy atom. The molecule has 2 aromatic heterocycles. The lowest BCUT2D eigenvalue weighted by atomic mass is 9.82. The van der Waals surface area contributed by atoms with Crippen molar-refractivity contribution in [3.63, 3.8) is 0 Å². The van der Waals surface area contributed by atoms with Crippen LogP contribution in [0, 0.1) is 17.5 Å². The van der Waals surface area contributed by atoms with E-state index in [1.807, 2.05) is 63.4 Å². The number of halogens is 3. The minimum Gasteiger partial charge on any atom is -0.464 e. The highest BCUT2D eigenvalue weighted by Crippen LogP contribution is 2.52. The largest absolute Gasteiger partial charge is 0.464 e. The summed E-state index contributed by atoms with van der Waals surface area (Å²) in [5.74, 6) is -3.55. The van der Waals surface area contributed by atoms with Crippen LogP contribution in [0.25, 0.3) is 28.2 Å². The Morgan fingerprint density at radius 3 is 2.17 bits per heavy atom. The summed E-state index contributed by atoms with van der Waals surface area (Å²) in [6, 6.07) is 10.4. The number of benzene rings is 3. The van der Waals surface area contributed by atoms with Gasteiger partial charge in [0.1, 0.15) is 35.0 Å². The molecule has 47 heavy (non-hydrogen) atoms. The van der Waals surface area contributed by atoms with Crippen molar-refractivity contribution in [3.8, 4) is 34.1 Å². The molecule has 0 unspecified atom stereocenters. The van der Waals surface area contributed by atoms with E-state index in [4.69, 9.17) is 13.6 Å². The van der Waals surface area contributed by atoms with Gasteiger partial charge in [0, 0.05) is 66.1 Å². The van der Waals surface area contributed by atoms with E-state index in [9.17, 15) is 13.0 Å². The standard InChI is InChI=1S/C35H27F3N2O6S/c1-34(2)20-7-9-44-31(20)16-11-18-26(14-24(16)39(34)5)46-27-15-25-17(32-21(8-10-45-32)35(3,4)40(25)6)12-19(27)28(18)29-30(38)22(36)13-23(37)33(29)47(41,42)43/h7-15H,1-6H3/p+1. The van der Waals surface area contributed by atoms with Crippen LogP contribution in [0.4, 0.5) is 18.9 Å². The van der Waals surface area contributed by atoms with Gasteiger partial charge < -0.3 is 18.5 Å². The Kier molecular flexibility index (Phi) is 5.77. The maximum Gasteiger partial charge on any atom is 0.298 e. The molecule has 5 heterocycles. The van der Waals surface area contributed by atoms with Crippen molar-refractivity contribution < 1.29 is 39.7 Å². The first kappa shape index (κ1) is 29.6. The van der Waals surface area contributed by atoms with Crippen molar-refractivity contribution in [2.45, 2.75) is 43.7 Å². The van der Waals surface area contributed by atoms with Crippen LogP contribution in [0.2, 0.25) is 0 Å². The molecule has 3 aromatic carbocycles. The SMILES string of the molecule is CN1c2cc3c(cc2-c2occc2C1(C)C)C(c1c(F)c(F)cc(F)c1S(=O)(=O)O)=c1cc2c(cc1O3)=[N+](C)C(C)(C)c1ccoc1-2. The van der Waals surface area contributed by atoms with Crippen LogP contribution >= 0.6 is 0 Å². The highest BCUT2D eigenvalue weighted by molar-refractivity contribution is 7.86. The van der Waals surface area contributed by atoms with Crippen LogP contribution in [0.5, 0.6) is 11.5 Å². The first-order valence-corrected chi connectivity index (χ1v) is 16.2. The van der Waals surface area contributed by atoms with E-state index in [1.54, 1.807) is 36.8 Å². The van der Waals surface area contributed by atoms with E-state index in [-0.39, 0.29) is 33.9 Å². The second-order valence-corrected chi connectivity index (χ2v) is 14.5. The zero-order valence-corrected chi connectivity index (χ0v) is 26.9. The summed E-state index contributed by atoms with van der Waals surface area (Å²) in [5, 5.41) is 0.820. The highest BCUT2D eigenvalue weighted by Gasteiger charge is 2.43. The van der Waals surface area contributed by atoms with Gasteiger partial charge >= 0.3 is 0 Å². The molecule has 0 atom stereocenters. The molecule has 240 valence electrons. The van der Waals surface area contributed by atoms with Crippen LogP contribution in [-0.2, 0) is 21.2 Å². The zero-order valence-electron chi connectivity index (χ0n) is 26.1. The lowest BCUT2D eigenvalue weighted by Crippen LogP contribution is -2.46. The number of fused-ring (bicyclic) bond motifs is 8. The number of hydrogen-bond acceptors (Lipinski definition) is 6. The van der Waals surface area contributed by atoms with Gasteiger partial charge in [-0.3, -0.25) is 4.55 Å². The van der Waals surface area contributed by atoms with E-state index >= 15 is 13.2 Å². The minimum absolute atomic E-state index is 0.0989. The number of anilines is 1. The Bertz CT molecular complexity index is 2490. The molecule has 3 aliphatic rings. The average molecular weight is 662 g/mol. The molecule has 0 aliphatic carbocycles. The molecule has 0 saturated carbocycles. The Balaban J connectivity index is 1.58. The number of furan rings is 2. The van der Waals surface area contributed by atoms with Gasteiger partial charge in [0.05, 0.1) is 40.9 Å². The fourth-order valence-electron chi connectivity index (χ4n) is 7.17. The zero-order chi connectivity index (χ0) is 33.5. The fraction of sp³-hybridized carbons (Fsp3) is 0.229. The molecular formula is C35H28F3N2O6S+. The van der Waals surface area contributed by atoms with Gasteiger partial charge in [-0.1, -0.05) is 0 Å². The van der Waals surface area contributed by atoms with E-state index in [0.29, 0.717) is 33.7 Å². The first-order chi connectivity index (χ1) is 22.0. The maximum atomic E-state index is 16.1. The summed E-state index contributed by atoms with van der Waals surface area (Å²) in [4.78, 5) is 0.627. The molecule has 1 N–H and O–H groups in total. The first-order valence-electron chi connectivity index (χ1n) is 14.7. The van der Waals surface area contributed by atoms with Crippen LogP contribution in [0.15, 0.2) is 68.7 Å². The molecular weight excluding hydrogens is 633 g/mol. The van der Waals surface area contributed by atoms with Gasteiger partial charge in [0.25, 0.3) is 10.1 Å². The molecule has 5 aromatic rings. The second-order valence-electron chi connectivity index (χ2n) is 13.1. The number of nitrogens with zero attached hydrogens (tertiary/aromatic N) is 2. The number of ether oxygens (including phenoxy) is 1. The monoisotopic (exact) mass is 661 g/mol. The van der Waals surface area contributed by atoms with Gasteiger partial charge in [0.15, 0.2) is 22.9 Å². The molecule has 0 spiro atoms. The third kappa shape index (κ3) is 3.79. The lowest BCUT2D eigenvalue weighted by molar-refractivity contribution is 0.361. The van der Waals surface area contributed by atoms with E-state index in [1.165, 1.54) is 0 Å². The summed E-state index contributed by atoms with van der Waals surface area (Å²) in [5.41, 5.74) is 1.48. The normalized spacial score (nSPS) is 16.9. The Hall–Kier alpha value is -4.81. The third-order valence-corrected chi connectivity index (χ3v) is 11.0. The lowest BCUT2D eigenvalue weighted by Gasteiger charge is -2.42. The van der Waals surface area contributed by atoms with Crippen molar-refractivity contribution in [1.29, 1.82) is 0 Å². The Labute approximate surface area is 267 Å². The van der Waals surface area contributed by atoms with Crippen molar-refractivity contribution in [2.24, 2.45) is 0 Å². The summed E-state index contributed by atoms with van der Waals surface area (Å²) in [7, 11) is -1.62. The molecule has 12 heteroatoms. The van der Waals surface area contributed by atoms with Crippen LogP contribution < -0.4 is 24.8 Å². The maximum absolute atomic E-state index is 16.1. The highest BCUT2D eigenvalue weighted by atomic mass is 32.2. The van der Waals surface area contributed by atoms with Crippen molar-refractivity contribution in [3.05, 3.63) is 105 Å². The summed E-state index contributed by atoms with van der Waals surface area (Å²) < 4.78 is 103. The van der Waals surface area contributed by atoms with Crippen molar-refractivity contribution in [1.82, 2.24) is 4.58 Å². The fourth-order valence-corrected chi connectivity index (χ4v) is 7.92. The molecule has 0 bridgehead atoms. The van der Waals surface area contributed by atoms with Crippen molar-refractivity contribution in [2.75, 3.05) is 19.0 Å². The van der Waals surface area contributed by atoms with E-state index < -0.39 is 49.1 Å². The van der Waals surface area contributed by atoms with Crippen LogP contribution in [0.3, 0.4) is 0 Å². The predicted octanol–water partition coefficient (Wildman–Crippen LogP) is 6.28. The number of hydrogen-bond donors (Lipinski definition) is 1. The molecule has 8 nitrogen and oxygen atoms in total. The quantitative estimate of drug-likeness (QED) is 0.133. The van der Waals surface area contributed by atoms with Crippen molar-refractivity contribution >= 4 is 21.4 Å². The molecule has 0 fully saturated rings. The van der Waals surface area contributed by atoms with Gasteiger partial charge in [-0.05, 0) is 38.1 Å². The molecule has 0 radical (unpaired) electrons. The molecule has 0 saturated heterocycles. The minimum atomic E-state index is -5.42. The van der Waals surface area contributed by atoms with Crippen LogP contribution in [-0.4, -0.2) is 27.1 Å².